The van der Waals surface area contributed by atoms with Crippen LogP contribution in [0.15, 0.2) is 40.9 Å². The van der Waals surface area contributed by atoms with Crippen LogP contribution in [0.1, 0.15) is 16.8 Å². The van der Waals surface area contributed by atoms with Gasteiger partial charge in [0.05, 0.1) is 5.69 Å². The van der Waals surface area contributed by atoms with E-state index in [1.807, 2.05) is 19.1 Å². The highest BCUT2D eigenvalue weighted by atomic mass is 79.9. The lowest BCUT2D eigenvalue weighted by Gasteiger charge is -2.07. The normalized spacial score (nSPS) is 10.4. The first-order valence-corrected chi connectivity index (χ1v) is 6.87. The highest BCUT2D eigenvalue weighted by Gasteiger charge is 1.99. The van der Waals surface area contributed by atoms with E-state index in [0.717, 1.165) is 29.0 Å². The second kappa shape index (κ2) is 6.01. The molecular weight excluding hydrogens is 288 g/mol. The molecule has 18 heavy (non-hydrogen) atoms. The quantitative estimate of drug-likeness (QED) is 0.919. The Morgan fingerprint density at radius 3 is 2.72 bits per heavy atom. The lowest BCUT2D eigenvalue weighted by atomic mass is 10.1. The van der Waals surface area contributed by atoms with Crippen LogP contribution in [0.3, 0.4) is 0 Å². The highest BCUT2D eigenvalue weighted by Crippen LogP contribution is 2.16. The Bertz CT molecular complexity index is 538. The minimum Gasteiger partial charge on any atom is -0.370 e. The summed E-state index contributed by atoms with van der Waals surface area (Å²) >= 11 is 3.45. The molecule has 0 saturated carbocycles. The summed E-state index contributed by atoms with van der Waals surface area (Å²) in [7, 11) is 0. The molecule has 94 valence electrons. The molecule has 0 aliphatic carbocycles. The van der Waals surface area contributed by atoms with Crippen molar-refractivity contribution >= 4 is 21.7 Å². The number of pyridine rings is 1. The Hall–Kier alpha value is -1.35. The summed E-state index contributed by atoms with van der Waals surface area (Å²) < 4.78 is 1.05. The van der Waals surface area contributed by atoms with Gasteiger partial charge in [0.15, 0.2) is 0 Å². The van der Waals surface area contributed by atoms with E-state index in [1.165, 1.54) is 11.1 Å². The van der Waals surface area contributed by atoms with Crippen LogP contribution in [-0.4, -0.2) is 11.5 Å². The topological polar surface area (TPSA) is 24.9 Å². The molecule has 2 rings (SSSR count). The number of nitrogens with one attached hydrogen (secondary N) is 1. The first-order chi connectivity index (χ1) is 8.65. The van der Waals surface area contributed by atoms with E-state index in [1.54, 1.807) is 0 Å². The zero-order chi connectivity index (χ0) is 13.0. The zero-order valence-electron chi connectivity index (χ0n) is 10.7. The lowest BCUT2D eigenvalue weighted by Crippen LogP contribution is -2.06. The molecule has 1 heterocycles. The van der Waals surface area contributed by atoms with Crippen LogP contribution in [0.5, 0.6) is 0 Å². The monoisotopic (exact) mass is 304 g/mol. The molecule has 1 aromatic heterocycles. The van der Waals surface area contributed by atoms with Gasteiger partial charge >= 0.3 is 0 Å². The van der Waals surface area contributed by atoms with Crippen LogP contribution in [0, 0.1) is 13.8 Å². The summed E-state index contributed by atoms with van der Waals surface area (Å²) in [4.78, 5) is 4.46. The van der Waals surface area contributed by atoms with E-state index in [-0.39, 0.29) is 0 Å². The number of hydrogen-bond acceptors (Lipinski definition) is 2. The number of anilines is 1. The third-order valence-electron chi connectivity index (χ3n) is 2.82. The number of rotatable bonds is 4. The molecule has 0 bridgehead atoms. The molecule has 2 nitrogen and oxygen atoms in total. The van der Waals surface area contributed by atoms with Crippen LogP contribution in [0.25, 0.3) is 0 Å². The molecule has 3 heteroatoms. The number of halogens is 1. The molecule has 0 unspecified atom stereocenters. The fourth-order valence-corrected chi connectivity index (χ4v) is 2.07. The summed E-state index contributed by atoms with van der Waals surface area (Å²) in [6.45, 7) is 5.02. The average molecular weight is 305 g/mol. The highest BCUT2D eigenvalue weighted by molar-refractivity contribution is 9.10. The maximum absolute atomic E-state index is 4.46. The minimum atomic E-state index is 0.900. The van der Waals surface area contributed by atoms with Crippen molar-refractivity contribution in [2.24, 2.45) is 0 Å². The fraction of sp³-hybridized carbons (Fsp3) is 0.267. The van der Waals surface area contributed by atoms with E-state index in [0.29, 0.717) is 0 Å². The first kappa shape index (κ1) is 13.1. The zero-order valence-corrected chi connectivity index (χ0v) is 12.3. The van der Waals surface area contributed by atoms with Crippen molar-refractivity contribution in [1.29, 1.82) is 0 Å². The number of aryl methyl sites for hydroxylation is 2. The molecule has 0 fully saturated rings. The molecule has 0 aliphatic heterocycles. The summed E-state index contributed by atoms with van der Waals surface area (Å²) in [5, 5.41) is 3.35. The second-order valence-electron chi connectivity index (χ2n) is 4.43. The maximum atomic E-state index is 4.46. The lowest BCUT2D eigenvalue weighted by molar-refractivity contribution is 0.997. The molecule has 2 aromatic rings. The molecule has 0 atom stereocenters. The van der Waals surface area contributed by atoms with Gasteiger partial charge in [0, 0.05) is 11.0 Å². The first-order valence-electron chi connectivity index (χ1n) is 6.08. The molecular formula is C15H17BrN2. The molecule has 1 N–H and O–H groups in total. The van der Waals surface area contributed by atoms with Crippen molar-refractivity contribution < 1.29 is 0 Å². The summed E-state index contributed by atoms with van der Waals surface area (Å²) in [6.07, 6.45) is 1.01. The van der Waals surface area contributed by atoms with Gasteiger partial charge in [0.1, 0.15) is 5.82 Å². The van der Waals surface area contributed by atoms with Crippen LogP contribution in [0.2, 0.25) is 0 Å². The number of benzene rings is 1. The van der Waals surface area contributed by atoms with Gasteiger partial charge in [-0.2, -0.15) is 0 Å². The summed E-state index contributed by atoms with van der Waals surface area (Å²) in [5.41, 5.74) is 3.68. The second-order valence-corrected chi connectivity index (χ2v) is 5.28. The van der Waals surface area contributed by atoms with Crippen molar-refractivity contribution in [3.63, 3.8) is 0 Å². The SMILES string of the molecule is Cc1cccc(CCNc2ccc(Br)c(C)n2)c1. The smallest absolute Gasteiger partial charge is 0.126 e. The maximum Gasteiger partial charge on any atom is 0.126 e. The number of hydrogen-bond donors (Lipinski definition) is 1. The Morgan fingerprint density at radius 1 is 1.17 bits per heavy atom. The fourth-order valence-electron chi connectivity index (χ4n) is 1.85. The van der Waals surface area contributed by atoms with Gasteiger partial charge < -0.3 is 5.32 Å². The van der Waals surface area contributed by atoms with Gasteiger partial charge in [0.25, 0.3) is 0 Å². The predicted molar refractivity (Wildman–Crippen MR) is 80.0 cm³/mol. The Morgan fingerprint density at radius 2 is 2.00 bits per heavy atom. The molecule has 0 spiro atoms. The van der Waals surface area contributed by atoms with Crippen LogP contribution >= 0.6 is 15.9 Å². The molecule has 0 radical (unpaired) electrons. The minimum absolute atomic E-state index is 0.900. The predicted octanol–water partition coefficient (Wildman–Crippen LogP) is 4.12. The van der Waals surface area contributed by atoms with E-state index in [2.05, 4.69) is 57.4 Å². The summed E-state index contributed by atoms with van der Waals surface area (Å²) in [6, 6.07) is 12.6. The van der Waals surface area contributed by atoms with Gasteiger partial charge in [0.2, 0.25) is 0 Å². The van der Waals surface area contributed by atoms with Gasteiger partial charge in [-0.3, -0.25) is 0 Å². The van der Waals surface area contributed by atoms with Crippen molar-refractivity contribution in [2.75, 3.05) is 11.9 Å². The molecule has 0 aliphatic rings. The Balaban J connectivity index is 1.90. The Kier molecular flexibility index (Phi) is 4.37. The van der Waals surface area contributed by atoms with Gasteiger partial charge in [-0.05, 0) is 53.9 Å². The van der Waals surface area contributed by atoms with Gasteiger partial charge in [-0.1, -0.05) is 29.8 Å². The van der Waals surface area contributed by atoms with Crippen LogP contribution in [-0.2, 0) is 6.42 Å². The van der Waals surface area contributed by atoms with E-state index in [9.17, 15) is 0 Å². The summed E-state index contributed by atoms with van der Waals surface area (Å²) in [5.74, 6) is 0.934. The van der Waals surface area contributed by atoms with Gasteiger partial charge in [-0.15, -0.1) is 0 Å². The van der Waals surface area contributed by atoms with Crippen molar-refractivity contribution in [3.05, 3.63) is 57.7 Å². The number of nitrogens with zero attached hydrogens (tertiary/aromatic N) is 1. The van der Waals surface area contributed by atoms with E-state index in [4.69, 9.17) is 0 Å². The third-order valence-corrected chi connectivity index (χ3v) is 3.66. The molecule has 1 aromatic carbocycles. The van der Waals surface area contributed by atoms with Gasteiger partial charge in [-0.25, -0.2) is 4.98 Å². The largest absolute Gasteiger partial charge is 0.370 e. The van der Waals surface area contributed by atoms with Crippen molar-refractivity contribution in [2.45, 2.75) is 20.3 Å². The standard InChI is InChI=1S/C15H17BrN2/c1-11-4-3-5-13(10-11)8-9-17-15-7-6-14(16)12(2)18-15/h3-7,10H,8-9H2,1-2H3,(H,17,18). The van der Waals surface area contributed by atoms with Crippen molar-refractivity contribution in [1.82, 2.24) is 4.98 Å². The molecule has 0 amide bonds. The van der Waals surface area contributed by atoms with E-state index < -0.39 is 0 Å². The Labute approximate surface area is 117 Å². The van der Waals surface area contributed by atoms with Crippen molar-refractivity contribution in [3.8, 4) is 0 Å². The van der Waals surface area contributed by atoms with Crippen LogP contribution in [0.4, 0.5) is 5.82 Å². The number of aromatic nitrogens is 1. The molecule has 0 saturated heterocycles. The van der Waals surface area contributed by atoms with E-state index >= 15 is 0 Å². The average Bonchev–Trinajstić information content (AvgIpc) is 2.34. The van der Waals surface area contributed by atoms with Crippen LogP contribution < -0.4 is 5.32 Å². The third kappa shape index (κ3) is 3.57.